The van der Waals surface area contributed by atoms with Crippen molar-refractivity contribution in [1.82, 2.24) is 9.55 Å². The van der Waals surface area contributed by atoms with Crippen molar-refractivity contribution in [3.8, 4) is 17.2 Å². The largest absolute Gasteiger partial charge is 0.486 e. The van der Waals surface area contributed by atoms with Gasteiger partial charge < -0.3 is 9.47 Å². The van der Waals surface area contributed by atoms with Crippen LogP contribution in [0.25, 0.3) is 16.7 Å². The Balaban J connectivity index is 1.94. The minimum Gasteiger partial charge on any atom is -0.486 e. The molecular weight excluding hydrogens is 240 g/mol. The zero-order chi connectivity index (χ0) is 12.7. The van der Waals surface area contributed by atoms with Crippen LogP contribution in [0.3, 0.4) is 0 Å². The molecule has 0 spiro atoms. The Kier molecular flexibility index (Phi) is 2.21. The third-order valence-corrected chi connectivity index (χ3v) is 3.25. The van der Waals surface area contributed by atoms with Gasteiger partial charge >= 0.3 is 0 Å². The number of ether oxygens (including phenoxy) is 2. The van der Waals surface area contributed by atoms with E-state index in [1.807, 2.05) is 41.2 Å². The SMILES string of the molecule is c1ccc(-n2cnc3cc4c(cc32)OCCO4)cc1. The van der Waals surface area contributed by atoms with E-state index in [9.17, 15) is 0 Å². The maximum atomic E-state index is 5.63. The van der Waals surface area contributed by atoms with E-state index in [2.05, 4.69) is 17.1 Å². The molecule has 4 heteroatoms. The van der Waals surface area contributed by atoms with Crippen LogP contribution in [0.5, 0.6) is 11.5 Å². The van der Waals surface area contributed by atoms with Crippen molar-refractivity contribution >= 4 is 11.0 Å². The number of benzene rings is 2. The summed E-state index contributed by atoms with van der Waals surface area (Å²) in [6, 6.07) is 14.1. The number of para-hydroxylation sites is 1. The zero-order valence-electron chi connectivity index (χ0n) is 10.2. The summed E-state index contributed by atoms with van der Waals surface area (Å²) in [5.41, 5.74) is 3.02. The number of aromatic nitrogens is 2. The van der Waals surface area contributed by atoms with Gasteiger partial charge in [-0.15, -0.1) is 0 Å². The lowest BCUT2D eigenvalue weighted by Gasteiger charge is -2.18. The Bertz CT molecular complexity index is 734. The van der Waals surface area contributed by atoms with Crippen LogP contribution in [0, 0.1) is 0 Å². The van der Waals surface area contributed by atoms with Crippen LogP contribution < -0.4 is 9.47 Å². The molecule has 94 valence electrons. The Morgan fingerprint density at radius 1 is 0.947 bits per heavy atom. The highest BCUT2D eigenvalue weighted by Gasteiger charge is 2.15. The van der Waals surface area contributed by atoms with Crippen LogP contribution >= 0.6 is 0 Å². The van der Waals surface area contributed by atoms with Crippen molar-refractivity contribution in [3.05, 3.63) is 48.8 Å². The Morgan fingerprint density at radius 3 is 2.47 bits per heavy atom. The van der Waals surface area contributed by atoms with Gasteiger partial charge in [-0.1, -0.05) is 18.2 Å². The third kappa shape index (κ3) is 1.64. The minimum atomic E-state index is 0.595. The molecule has 0 fully saturated rings. The van der Waals surface area contributed by atoms with E-state index in [4.69, 9.17) is 9.47 Å². The van der Waals surface area contributed by atoms with Crippen LogP contribution in [0.1, 0.15) is 0 Å². The first-order valence-corrected chi connectivity index (χ1v) is 6.24. The zero-order valence-corrected chi connectivity index (χ0v) is 10.2. The van der Waals surface area contributed by atoms with Gasteiger partial charge in [0.15, 0.2) is 11.5 Å². The van der Waals surface area contributed by atoms with Gasteiger partial charge in [0.05, 0.1) is 11.0 Å². The number of imidazole rings is 1. The second kappa shape index (κ2) is 4.02. The number of rotatable bonds is 1. The number of hydrogen-bond acceptors (Lipinski definition) is 3. The maximum Gasteiger partial charge on any atom is 0.163 e. The van der Waals surface area contributed by atoms with Gasteiger partial charge in [0.2, 0.25) is 0 Å². The summed E-state index contributed by atoms with van der Waals surface area (Å²) < 4.78 is 13.2. The highest BCUT2D eigenvalue weighted by Crippen LogP contribution is 2.34. The maximum absolute atomic E-state index is 5.63. The van der Waals surface area contributed by atoms with E-state index in [0.29, 0.717) is 13.2 Å². The lowest BCUT2D eigenvalue weighted by atomic mass is 10.2. The molecule has 1 aromatic heterocycles. The first kappa shape index (κ1) is 10.4. The van der Waals surface area contributed by atoms with E-state index in [-0.39, 0.29) is 0 Å². The third-order valence-electron chi connectivity index (χ3n) is 3.25. The van der Waals surface area contributed by atoms with E-state index in [1.54, 1.807) is 0 Å². The molecule has 0 atom stereocenters. The van der Waals surface area contributed by atoms with Gasteiger partial charge in [0.25, 0.3) is 0 Å². The predicted octanol–water partition coefficient (Wildman–Crippen LogP) is 2.80. The second-order valence-corrected chi connectivity index (χ2v) is 4.43. The molecule has 1 aliphatic rings. The molecule has 2 aromatic carbocycles. The molecule has 2 heterocycles. The van der Waals surface area contributed by atoms with E-state index in [1.165, 1.54) is 0 Å². The lowest BCUT2D eigenvalue weighted by Crippen LogP contribution is -2.15. The van der Waals surface area contributed by atoms with Crippen LogP contribution in [0.15, 0.2) is 48.8 Å². The van der Waals surface area contributed by atoms with Crippen LogP contribution in [-0.4, -0.2) is 22.8 Å². The van der Waals surface area contributed by atoms with Crippen molar-refractivity contribution in [2.45, 2.75) is 0 Å². The van der Waals surface area contributed by atoms with Gasteiger partial charge in [0, 0.05) is 17.8 Å². The summed E-state index contributed by atoms with van der Waals surface area (Å²) in [5, 5.41) is 0. The van der Waals surface area contributed by atoms with Crippen molar-refractivity contribution in [2.75, 3.05) is 13.2 Å². The predicted molar refractivity (Wildman–Crippen MR) is 72.1 cm³/mol. The average molecular weight is 252 g/mol. The van der Waals surface area contributed by atoms with Crippen molar-refractivity contribution in [2.24, 2.45) is 0 Å². The van der Waals surface area contributed by atoms with Gasteiger partial charge in [-0.2, -0.15) is 0 Å². The van der Waals surface area contributed by atoms with Crippen molar-refractivity contribution < 1.29 is 9.47 Å². The highest BCUT2D eigenvalue weighted by molar-refractivity contribution is 5.81. The molecule has 4 rings (SSSR count). The molecule has 0 saturated heterocycles. The summed E-state index contributed by atoms with van der Waals surface area (Å²) in [6.45, 7) is 1.19. The van der Waals surface area contributed by atoms with Gasteiger partial charge in [0.1, 0.15) is 19.5 Å². The van der Waals surface area contributed by atoms with Gasteiger partial charge in [-0.05, 0) is 12.1 Å². The normalized spacial score (nSPS) is 13.7. The van der Waals surface area contributed by atoms with Crippen LogP contribution in [0.4, 0.5) is 0 Å². The first-order chi connectivity index (χ1) is 9.42. The van der Waals surface area contributed by atoms with Crippen LogP contribution in [-0.2, 0) is 0 Å². The fourth-order valence-electron chi connectivity index (χ4n) is 2.34. The average Bonchev–Trinajstić information content (AvgIpc) is 2.88. The number of nitrogens with zero attached hydrogens (tertiary/aromatic N) is 2. The molecule has 0 saturated carbocycles. The quantitative estimate of drug-likeness (QED) is 0.668. The fourth-order valence-corrected chi connectivity index (χ4v) is 2.34. The molecule has 1 aliphatic heterocycles. The Labute approximate surface area is 110 Å². The molecule has 3 aromatic rings. The topological polar surface area (TPSA) is 36.3 Å². The Hall–Kier alpha value is -2.49. The Morgan fingerprint density at radius 2 is 1.68 bits per heavy atom. The summed E-state index contributed by atoms with van der Waals surface area (Å²) in [7, 11) is 0. The van der Waals surface area contributed by atoms with Gasteiger partial charge in [-0.3, -0.25) is 4.57 Å². The van der Waals surface area contributed by atoms with Crippen molar-refractivity contribution in [3.63, 3.8) is 0 Å². The summed E-state index contributed by atoms with van der Waals surface area (Å²) in [4.78, 5) is 4.43. The lowest BCUT2D eigenvalue weighted by molar-refractivity contribution is 0.172. The highest BCUT2D eigenvalue weighted by atomic mass is 16.6. The van der Waals surface area contributed by atoms with Crippen LogP contribution in [0.2, 0.25) is 0 Å². The first-order valence-electron chi connectivity index (χ1n) is 6.24. The monoisotopic (exact) mass is 252 g/mol. The van der Waals surface area contributed by atoms with E-state index >= 15 is 0 Å². The molecule has 0 amide bonds. The van der Waals surface area contributed by atoms with Crippen molar-refractivity contribution in [1.29, 1.82) is 0 Å². The van der Waals surface area contributed by atoms with E-state index in [0.717, 1.165) is 28.2 Å². The summed E-state index contributed by atoms with van der Waals surface area (Å²) in [6.07, 6.45) is 1.82. The number of hydrogen-bond donors (Lipinski definition) is 0. The standard InChI is InChI=1S/C15H12N2O2/c1-2-4-11(5-3-1)17-10-16-12-8-14-15(9-13(12)17)19-7-6-18-14/h1-5,8-10H,6-7H2. The molecule has 0 aliphatic carbocycles. The molecular formula is C15H12N2O2. The second-order valence-electron chi connectivity index (χ2n) is 4.43. The smallest absolute Gasteiger partial charge is 0.163 e. The van der Waals surface area contributed by atoms with Gasteiger partial charge in [-0.25, -0.2) is 4.98 Å². The molecule has 19 heavy (non-hydrogen) atoms. The summed E-state index contributed by atoms with van der Waals surface area (Å²) in [5.74, 6) is 1.56. The molecule has 0 bridgehead atoms. The molecule has 0 N–H and O–H groups in total. The fraction of sp³-hybridized carbons (Fsp3) is 0.133. The molecule has 0 radical (unpaired) electrons. The van der Waals surface area contributed by atoms with E-state index < -0.39 is 0 Å². The molecule has 4 nitrogen and oxygen atoms in total. The number of fused-ring (bicyclic) bond motifs is 2. The molecule has 0 unspecified atom stereocenters. The summed E-state index contributed by atoms with van der Waals surface area (Å²) >= 11 is 0. The minimum absolute atomic E-state index is 0.595.